The Labute approximate surface area is 148 Å². The first-order valence-corrected chi connectivity index (χ1v) is 9.33. The van der Waals surface area contributed by atoms with Crippen molar-refractivity contribution in [2.75, 3.05) is 7.05 Å². The second kappa shape index (κ2) is 6.87. The van der Waals surface area contributed by atoms with E-state index < -0.39 is 0 Å². The van der Waals surface area contributed by atoms with E-state index in [0.717, 1.165) is 17.5 Å². The Balaban J connectivity index is 1.62. The fraction of sp³-hybridized carbons (Fsp3) is 0.455. The van der Waals surface area contributed by atoms with Gasteiger partial charge in [-0.3, -0.25) is 0 Å². The summed E-state index contributed by atoms with van der Waals surface area (Å²) >= 11 is 0. The summed E-state index contributed by atoms with van der Waals surface area (Å²) in [5.41, 5.74) is 1.91. The van der Waals surface area contributed by atoms with Gasteiger partial charge in [0.25, 0.3) is 0 Å². The number of benzene rings is 2. The lowest BCUT2D eigenvalue weighted by Crippen LogP contribution is -2.40. The quantitative estimate of drug-likeness (QED) is 0.723. The second-order valence-electron chi connectivity index (χ2n) is 7.79. The zero-order valence-electron chi connectivity index (χ0n) is 14.7. The van der Waals surface area contributed by atoms with Gasteiger partial charge >= 0.3 is 0 Å². The molecule has 0 saturated carbocycles. The molecular formula is C22H25F2N. The van der Waals surface area contributed by atoms with E-state index in [1.165, 1.54) is 37.8 Å². The predicted octanol–water partition coefficient (Wildman–Crippen LogP) is 5.36. The topological polar surface area (TPSA) is 3.24 Å². The molecule has 3 atom stereocenters. The summed E-state index contributed by atoms with van der Waals surface area (Å²) in [5.74, 6) is 0.231. The van der Waals surface area contributed by atoms with Gasteiger partial charge in [0.2, 0.25) is 0 Å². The maximum atomic E-state index is 13.8. The molecule has 2 aliphatic heterocycles. The Morgan fingerprint density at radius 2 is 1.44 bits per heavy atom. The average Bonchev–Trinajstić information content (AvgIpc) is 2.81. The van der Waals surface area contributed by atoms with Crippen LogP contribution < -0.4 is 0 Å². The summed E-state index contributed by atoms with van der Waals surface area (Å²) in [5, 5.41) is 0. The summed E-state index contributed by atoms with van der Waals surface area (Å²) in [4.78, 5) is 2.54. The molecule has 2 aromatic rings. The molecule has 4 rings (SSSR count). The Morgan fingerprint density at radius 3 is 1.92 bits per heavy atom. The molecule has 0 unspecified atom stereocenters. The van der Waals surface area contributed by atoms with Crippen LogP contribution in [0.15, 0.2) is 48.5 Å². The van der Waals surface area contributed by atoms with Gasteiger partial charge in [-0.15, -0.1) is 0 Å². The zero-order valence-corrected chi connectivity index (χ0v) is 14.7. The highest BCUT2D eigenvalue weighted by Crippen LogP contribution is 2.42. The van der Waals surface area contributed by atoms with E-state index in [2.05, 4.69) is 11.9 Å². The van der Waals surface area contributed by atoms with Crippen molar-refractivity contribution < 1.29 is 8.78 Å². The van der Waals surface area contributed by atoms with Crippen molar-refractivity contribution in [3.8, 4) is 0 Å². The van der Waals surface area contributed by atoms with Gasteiger partial charge < -0.3 is 4.90 Å². The van der Waals surface area contributed by atoms with E-state index in [4.69, 9.17) is 0 Å². The van der Waals surface area contributed by atoms with Gasteiger partial charge in [-0.05, 0) is 80.5 Å². The number of hydrogen-bond acceptors (Lipinski definition) is 1. The van der Waals surface area contributed by atoms with Gasteiger partial charge in [0, 0.05) is 18.0 Å². The average molecular weight is 341 g/mol. The summed E-state index contributed by atoms with van der Waals surface area (Å²) in [7, 11) is 2.25. The molecule has 2 bridgehead atoms. The first-order chi connectivity index (χ1) is 12.1. The third-order valence-electron chi connectivity index (χ3n) is 6.27. The number of nitrogens with zero attached hydrogens (tertiary/aromatic N) is 1. The fourth-order valence-electron chi connectivity index (χ4n) is 4.96. The summed E-state index contributed by atoms with van der Waals surface area (Å²) in [6.07, 6.45) is 5.96. The van der Waals surface area contributed by atoms with Crippen molar-refractivity contribution >= 4 is 0 Å². The number of halogens is 2. The Bertz CT molecular complexity index is 685. The molecule has 2 aromatic carbocycles. The third-order valence-corrected chi connectivity index (χ3v) is 6.27. The maximum absolute atomic E-state index is 13.8. The summed E-state index contributed by atoms with van der Waals surface area (Å²) in [6.45, 7) is 0. The van der Waals surface area contributed by atoms with Crippen LogP contribution >= 0.6 is 0 Å². The molecule has 132 valence electrons. The van der Waals surface area contributed by atoms with Crippen LogP contribution in [0, 0.1) is 17.6 Å². The minimum absolute atomic E-state index is 0.0548. The van der Waals surface area contributed by atoms with Crippen molar-refractivity contribution in [3.05, 3.63) is 71.3 Å². The molecule has 2 saturated heterocycles. The molecule has 0 N–H and O–H groups in total. The molecule has 0 aliphatic carbocycles. The van der Waals surface area contributed by atoms with Gasteiger partial charge in [0.05, 0.1) is 0 Å². The molecule has 0 spiro atoms. The normalized spacial score (nSPS) is 26.3. The van der Waals surface area contributed by atoms with Crippen LogP contribution in [0.5, 0.6) is 0 Å². The lowest BCUT2D eigenvalue weighted by atomic mass is 9.78. The van der Waals surface area contributed by atoms with Gasteiger partial charge in [0.15, 0.2) is 0 Å². The molecule has 25 heavy (non-hydrogen) atoms. The molecule has 2 heterocycles. The van der Waals surface area contributed by atoms with Crippen LogP contribution in [0.25, 0.3) is 0 Å². The van der Waals surface area contributed by atoms with Crippen LogP contribution in [0.4, 0.5) is 8.78 Å². The van der Waals surface area contributed by atoms with E-state index in [9.17, 15) is 8.78 Å². The zero-order chi connectivity index (χ0) is 17.4. The van der Waals surface area contributed by atoms with Gasteiger partial charge in [-0.2, -0.15) is 0 Å². The number of rotatable bonds is 4. The number of hydrogen-bond donors (Lipinski definition) is 0. The maximum Gasteiger partial charge on any atom is 0.123 e. The Morgan fingerprint density at radius 1 is 0.920 bits per heavy atom. The minimum Gasteiger partial charge on any atom is -0.300 e. The van der Waals surface area contributed by atoms with E-state index in [1.807, 2.05) is 12.1 Å². The van der Waals surface area contributed by atoms with E-state index in [0.29, 0.717) is 18.0 Å². The lowest BCUT2D eigenvalue weighted by Gasteiger charge is -2.38. The van der Waals surface area contributed by atoms with E-state index in [1.54, 1.807) is 24.3 Å². The minimum atomic E-state index is -0.220. The van der Waals surface area contributed by atoms with Crippen molar-refractivity contribution in [3.63, 3.8) is 0 Å². The largest absolute Gasteiger partial charge is 0.300 e. The van der Waals surface area contributed by atoms with Crippen LogP contribution in [0.3, 0.4) is 0 Å². The van der Waals surface area contributed by atoms with Crippen LogP contribution in [-0.4, -0.2) is 24.0 Å². The molecule has 2 fully saturated rings. The molecule has 0 amide bonds. The first-order valence-electron chi connectivity index (χ1n) is 9.33. The molecule has 3 heteroatoms. The lowest BCUT2D eigenvalue weighted by molar-refractivity contribution is 0.127. The summed E-state index contributed by atoms with van der Waals surface area (Å²) < 4.78 is 27.6. The predicted molar refractivity (Wildman–Crippen MR) is 96.6 cm³/mol. The molecule has 2 aliphatic rings. The van der Waals surface area contributed by atoms with Gasteiger partial charge in [-0.1, -0.05) is 24.3 Å². The highest BCUT2D eigenvalue weighted by Gasteiger charge is 2.39. The first kappa shape index (κ1) is 16.7. The smallest absolute Gasteiger partial charge is 0.123 e. The van der Waals surface area contributed by atoms with Crippen molar-refractivity contribution in [2.45, 2.75) is 50.1 Å². The number of fused-ring (bicyclic) bond motifs is 2. The van der Waals surface area contributed by atoms with E-state index >= 15 is 0 Å². The fourth-order valence-corrected chi connectivity index (χ4v) is 4.96. The van der Waals surface area contributed by atoms with Crippen molar-refractivity contribution in [2.24, 2.45) is 5.92 Å². The van der Waals surface area contributed by atoms with Crippen LogP contribution in [0.1, 0.15) is 49.1 Å². The SMILES string of the molecule is CN1[C@@H]2CC[C@H]1C[C@@H](CC(c1cccc(F)c1)c1cccc(F)c1)C2. The Hall–Kier alpha value is -1.74. The Kier molecular flexibility index (Phi) is 4.60. The molecule has 0 radical (unpaired) electrons. The molecule has 0 aromatic heterocycles. The highest BCUT2D eigenvalue weighted by molar-refractivity contribution is 5.33. The second-order valence-corrected chi connectivity index (χ2v) is 7.79. The molecule has 1 nitrogen and oxygen atoms in total. The molecular weight excluding hydrogens is 316 g/mol. The highest BCUT2D eigenvalue weighted by atomic mass is 19.1. The summed E-state index contributed by atoms with van der Waals surface area (Å²) in [6, 6.07) is 15.0. The standard InChI is InChI=1S/C22H25F2N/c1-25-20-8-9-21(25)11-15(10-20)12-22(16-4-2-6-18(23)13-16)17-5-3-7-19(24)14-17/h2-7,13-15,20-22H,8-12H2,1H3/t15-,20+,21-. The van der Waals surface area contributed by atoms with Gasteiger partial charge in [0.1, 0.15) is 11.6 Å². The van der Waals surface area contributed by atoms with Crippen LogP contribution in [0.2, 0.25) is 0 Å². The monoisotopic (exact) mass is 341 g/mol. The van der Waals surface area contributed by atoms with Gasteiger partial charge in [-0.25, -0.2) is 8.78 Å². The van der Waals surface area contributed by atoms with Crippen molar-refractivity contribution in [1.82, 2.24) is 4.90 Å². The number of piperidine rings is 1. The third kappa shape index (κ3) is 3.48. The van der Waals surface area contributed by atoms with E-state index in [-0.39, 0.29) is 17.6 Å². The van der Waals surface area contributed by atoms with Crippen LogP contribution in [-0.2, 0) is 0 Å². The van der Waals surface area contributed by atoms with Crippen molar-refractivity contribution in [1.29, 1.82) is 0 Å².